The van der Waals surface area contributed by atoms with Crippen molar-refractivity contribution in [3.05, 3.63) is 35.9 Å². The van der Waals surface area contributed by atoms with Gasteiger partial charge in [0.1, 0.15) is 0 Å². The molecule has 0 fully saturated rings. The van der Waals surface area contributed by atoms with E-state index in [1.54, 1.807) is 0 Å². The van der Waals surface area contributed by atoms with Crippen molar-refractivity contribution in [1.29, 1.82) is 0 Å². The van der Waals surface area contributed by atoms with E-state index in [4.69, 9.17) is 0 Å². The van der Waals surface area contributed by atoms with Crippen molar-refractivity contribution in [2.45, 2.75) is 58.6 Å². The quantitative estimate of drug-likeness (QED) is 0.776. The highest BCUT2D eigenvalue weighted by Crippen LogP contribution is 2.26. The molecule has 0 radical (unpaired) electrons. The van der Waals surface area contributed by atoms with Crippen LogP contribution in [0, 0.1) is 0 Å². The summed E-state index contributed by atoms with van der Waals surface area (Å²) in [5.41, 5.74) is 1.19. The first kappa shape index (κ1) is 16.2. The molecule has 0 aliphatic rings. The minimum Gasteiger partial charge on any atom is -0.391 e. The summed E-state index contributed by atoms with van der Waals surface area (Å²) in [4.78, 5) is 2.38. The van der Waals surface area contributed by atoms with Crippen molar-refractivity contribution < 1.29 is 5.11 Å². The zero-order valence-electron chi connectivity index (χ0n) is 12.9. The van der Waals surface area contributed by atoms with Gasteiger partial charge in [-0.05, 0) is 44.8 Å². The lowest BCUT2D eigenvalue weighted by Crippen LogP contribution is -2.54. The molecule has 2 heteroatoms. The molecule has 1 aromatic rings. The van der Waals surface area contributed by atoms with Gasteiger partial charge in [0.2, 0.25) is 0 Å². The fourth-order valence-electron chi connectivity index (χ4n) is 2.88. The molecule has 1 rings (SSSR count). The average Bonchev–Trinajstić information content (AvgIpc) is 2.46. The monoisotopic (exact) mass is 263 g/mol. The molecular formula is C17H29NO. The van der Waals surface area contributed by atoms with Crippen molar-refractivity contribution in [3.63, 3.8) is 0 Å². The second-order valence-corrected chi connectivity index (χ2v) is 5.42. The number of aryl methyl sites for hydroxylation is 1. The second-order valence-electron chi connectivity index (χ2n) is 5.42. The fourth-order valence-corrected chi connectivity index (χ4v) is 2.88. The molecule has 1 N–H and O–H groups in total. The Morgan fingerprint density at radius 1 is 1.11 bits per heavy atom. The van der Waals surface area contributed by atoms with Crippen molar-refractivity contribution in [3.8, 4) is 0 Å². The summed E-state index contributed by atoms with van der Waals surface area (Å²) in [6.45, 7) is 10.7. The molecule has 0 aliphatic heterocycles. The largest absolute Gasteiger partial charge is 0.391 e. The number of hydrogen-bond donors (Lipinski definition) is 1. The van der Waals surface area contributed by atoms with Gasteiger partial charge in [-0.1, -0.05) is 51.1 Å². The SMILES string of the molecule is CCN(CC)C(C)(CC)C(O)CCc1ccccc1. The van der Waals surface area contributed by atoms with E-state index in [9.17, 15) is 5.11 Å². The minimum atomic E-state index is -0.280. The molecule has 0 spiro atoms. The summed E-state index contributed by atoms with van der Waals surface area (Å²) in [6.07, 6.45) is 2.46. The smallest absolute Gasteiger partial charge is 0.0724 e. The second kappa shape index (κ2) is 7.66. The van der Waals surface area contributed by atoms with E-state index in [1.807, 2.05) is 6.07 Å². The van der Waals surface area contributed by atoms with Crippen LogP contribution in [-0.4, -0.2) is 34.7 Å². The Labute approximate surface area is 118 Å². The Morgan fingerprint density at radius 3 is 2.16 bits per heavy atom. The van der Waals surface area contributed by atoms with E-state index in [0.29, 0.717) is 0 Å². The number of likely N-dealkylation sites (N-methyl/N-ethyl adjacent to an activating group) is 1. The summed E-state index contributed by atoms with van der Waals surface area (Å²) in [5.74, 6) is 0. The summed E-state index contributed by atoms with van der Waals surface area (Å²) < 4.78 is 0. The molecule has 0 bridgehead atoms. The molecule has 1 aromatic carbocycles. The molecule has 0 saturated carbocycles. The lowest BCUT2D eigenvalue weighted by atomic mass is 9.86. The Bertz CT molecular complexity index is 348. The van der Waals surface area contributed by atoms with Gasteiger partial charge < -0.3 is 5.11 Å². The molecule has 19 heavy (non-hydrogen) atoms. The molecule has 0 aliphatic carbocycles. The van der Waals surface area contributed by atoms with E-state index < -0.39 is 0 Å². The Kier molecular flexibility index (Phi) is 6.53. The van der Waals surface area contributed by atoms with Gasteiger partial charge in [-0.15, -0.1) is 0 Å². The van der Waals surface area contributed by atoms with Crippen LogP contribution in [0.15, 0.2) is 30.3 Å². The van der Waals surface area contributed by atoms with Crippen molar-refractivity contribution in [2.24, 2.45) is 0 Å². The maximum atomic E-state index is 10.6. The highest BCUT2D eigenvalue weighted by molar-refractivity contribution is 5.15. The number of nitrogens with zero attached hydrogens (tertiary/aromatic N) is 1. The van der Waals surface area contributed by atoms with E-state index in [-0.39, 0.29) is 11.6 Å². The Hall–Kier alpha value is -0.860. The van der Waals surface area contributed by atoms with Gasteiger partial charge in [0.15, 0.2) is 0 Å². The van der Waals surface area contributed by atoms with Gasteiger partial charge in [0.05, 0.1) is 6.10 Å². The van der Waals surface area contributed by atoms with E-state index in [0.717, 1.165) is 32.4 Å². The molecular weight excluding hydrogens is 234 g/mol. The van der Waals surface area contributed by atoms with Crippen LogP contribution in [0.5, 0.6) is 0 Å². The van der Waals surface area contributed by atoms with Crippen LogP contribution in [0.1, 0.15) is 46.1 Å². The van der Waals surface area contributed by atoms with Crippen LogP contribution in [0.3, 0.4) is 0 Å². The lowest BCUT2D eigenvalue weighted by Gasteiger charge is -2.43. The normalized spacial score (nSPS) is 16.3. The summed E-state index contributed by atoms with van der Waals surface area (Å²) in [5, 5.41) is 10.6. The van der Waals surface area contributed by atoms with Crippen LogP contribution < -0.4 is 0 Å². The van der Waals surface area contributed by atoms with E-state index in [2.05, 4.69) is 56.9 Å². The Balaban J connectivity index is 2.65. The van der Waals surface area contributed by atoms with E-state index >= 15 is 0 Å². The third kappa shape index (κ3) is 4.05. The summed E-state index contributed by atoms with van der Waals surface area (Å²) in [6, 6.07) is 10.4. The van der Waals surface area contributed by atoms with Crippen molar-refractivity contribution in [2.75, 3.05) is 13.1 Å². The van der Waals surface area contributed by atoms with Gasteiger partial charge in [-0.25, -0.2) is 0 Å². The zero-order chi connectivity index (χ0) is 14.3. The zero-order valence-corrected chi connectivity index (χ0v) is 12.9. The first-order valence-corrected chi connectivity index (χ1v) is 7.55. The molecule has 2 atom stereocenters. The molecule has 0 amide bonds. The number of rotatable bonds is 8. The predicted molar refractivity (Wildman–Crippen MR) is 82.4 cm³/mol. The maximum absolute atomic E-state index is 10.6. The lowest BCUT2D eigenvalue weighted by molar-refractivity contribution is -0.0234. The molecule has 0 saturated heterocycles. The third-order valence-corrected chi connectivity index (χ3v) is 4.47. The van der Waals surface area contributed by atoms with Crippen LogP contribution in [0.4, 0.5) is 0 Å². The van der Waals surface area contributed by atoms with E-state index in [1.165, 1.54) is 5.56 Å². The predicted octanol–water partition coefficient (Wildman–Crippen LogP) is 3.49. The topological polar surface area (TPSA) is 23.5 Å². The van der Waals surface area contributed by atoms with Crippen molar-refractivity contribution in [1.82, 2.24) is 4.90 Å². The van der Waals surface area contributed by atoms with Gasteiger partial charge in [-0.2, -0.15) is 0 Å². The highest BCUT2D eigenvalue weighted by Gasteiger charge is 2.35. The van der Waals surface area contributed by atoms with Gasteiger partial charge in [0, 0.05) is 5.54 Å². The van der Waals surface area contributed by atoms with Crippen LogP contribution in [-0.2, 0) is 6.42 Å². The molecule has 108 valence electrons. The first-order valence-electron chi connectivity index (χ1n) is 7.55. The number of benzene rings is 1. The fraction of sp³-hybridized carbons (Fsp3) is 0.647. The molecule has 0 heterocycles. The molecule has 2 nitrogen and oxygen atoms in total. The summed E-state index contributed by atoms with van der Waals surface area (Å²) >= 11 is 0. The number of hydrogen-bond acceptors (Lipinski definition) is 2. The van der Waals surface area contributed by atoms with Crippen LogP contribution in [0.2, 0.25) is 0 Å². The Morgan fingerprint density at radius 2 is 1.68 bits per heavy atom. The standard InChI is InChI=1S/C17H29NO/c1-5-17(4,18(6-2)7-3)16(19)14-13-15-11-9-8-10-12-15/h8-12,16,19H,5-7,13-14H2,1-4H3. The molecule has 0 aromatic heterocycles. The maximum Gasteiger partial charge on any atom is 0.0724 e. The first-order chi connectivity index (χ1) is 9.08. The average molecular weight is 263 g/mol. The van der Waals surface area contributed by atoms with Crippen molar-refractivity contribution >= 4 is 0 Å². The summed E-state index contributed by atoms with van der Waals surface area (Å²) in [7, 11) is 0. The van der Waals surface area contributed by atoms with Gasteiger partial charge >= 0.3 is 0 Å². The highest BCUT2D eigenvalue weighted by atomic mass is 16.3. The van der Waals surface area contributed by atoms with Crippen LogP contribution in [0.25, 0.3) is 0 Å². The third-order valence-electron chi connectivity index (χ3n) is 4.47. The number of aliphatic hydroxyl groups is 1. The van der Waals surface area contributed by atoms with Gasteiger partial charge in [0.25, 0.3) is 0 Å². The van der Waals surface area contributed by atoms with Gasteiger partial charge in [-0.3, -0.25) is 4.90 Å². The molecule has 2 unspecified atom stereocenters. The minimum absolute atomic E-state index is 0.113. The van der Waals surface area contributed by atoms with Crippen LogP contribution >= 0.6 is 0 Å². The number of aliphatic hydroxyl groups excluding tert-OH is 1.